The lowest BCUT2D eigenvalue weighted by Crippen LogP contribution is -2.19. The van der Waals surface area contributed by atoms with Gasteiger partial charge in [-0.1, -0.05) is 74.0 Å². The summed E-state index contributed by atoms with van der Waals surface area (Å²) < 4.78 is 0. The number of amides is 1. The maximum absolute atomic E-state index is 12.5. The molecule has 25 heavy (non-hydrogen) atoms. The van der Waals surface area contributed by atoms with Crippen molar-refractivity contribution in [3.63, 3.8) is 0 Å². The fourth-order valence-electron chi connectivity index (χ4n) is 2.88. The quantitative estimate of drug-likeness (QED) is 0.522. The summed E-state index contributed by atoms with van der Waals surface area (Å²) in [5.41, 5.74) is 6.43. The minimum Gasteiger partial charge on any atom is -0.267 e. The van der Waals surface area contributed by atoms with E-state index >= 15 is 0 Å². The highest BCUT2D eigenvalue weighted by atomic mass is 16.2. The lowest BCUT2D eigenvalue weighted by molar-refractivity contribution is 0.0956. The van der Waals surface area contributed by atoms with E-state index in [2.05, 4.69) is 29.6 Å². The summed E-state index contributed by atoms with van der Waals surface area (Å²) in [5.74, 6) is -0.196. The molecule has 126 valence electrons. The average molecular weight is 330 g/mol. The van der Waals surface area contributed by atoms with Gasteiger partial charge >= 0.3 is 0 Å². The molecule has 0 aliphatic rings. The first kappa shape index (κ1) is 16.9. The smallest absolute Gasteiger partial charge is 0.267 e. The number of hydrogen-bond donors (Lipinski definition) is 1. The molecule has 3 aromatic rings. The summed E-state index contributed by atoms with van der Waals surface area (Å²) in [6.45, 7) is 4.07. The molecule has 0 saturated carbocycles. The predicted octanol–water partition coefficient (Wildman–Crippen LogP) is 4.95. The summed E-state index contributed by atoms with van der Waals surface area (Å²) in [7, 11) is 0. The highest BCUT2D eigenvalue weighted by Gasteiger charge is 2.09. The van der Waals surface area contributed by atoms with E-state index in [1.165, 1.54) is 5.56 Å². The van der Waals surface area contributed by atoms with Crippen LogP contribution in [-0.2, 0) is 6.42 Å². The summed E-state index contributed by atoms with van der Waals surface area (Å²) in [6.07, 6.45) is 2.21. The van der Waals surface area contributed by atoms with Crippen LogP contribution >= 0.6 is 0 Å². The number of benzene rings is 3. The molecule has 0 aliphatic carbocycles. The topological polar surface area (TPSA) is 41.5 Å². The number of fused-ring (bicyclic) bond motifs is 1. The molecule has 0 heterocycles. The Morgan fingerprint density at radius 2 is 1.68 bits per heavy atom. The Morgan fingerprint density at radius 3 is 2.44 bits per heavy atom. The molecule has 0 aliphatic heterocycles. The molecule has 0 spiro atoms. The molecule has 0 atom stereocenters. The van der Waals surface area contributed by atoms with Gasteiger partial charge in [-0.15, -0.1) is 0 Å². The Morgan fingerprint density at radius 1 is 0.960 bits per heavy atom. The first-order chi connectivity index (χ1) is 12.2. The van der Waals surface area contributed by atoms with Crippen LogP contribution in [0, 0.1) is 0 Å². The Kier molecular flexibility index (Phi) is 5.24. The van der Waals surface area contributed by atoms with Gasteiger partial charge in [0.15, 0.2) is 0 Å². The molecule has 1 N–H and O–H groups in total. The number of hydrogen-bond acceptors (Lipinski definition) is 2. The second-order valence-corrected chi connectivity index (χ2v) is 6.11. The molecule has 0 radical (unpaired) electrons. The zero-order chi connectivity index (χ0) is 17.6. The van der Waals surface area contributed by atoms with Crippen molar-refractivity contribution in [2.24, 2.45) is 5.10 Å². The van der Waals surface area contributed by atoms with E-state index in [0.29, 0.717) is 5.56 Å². The number of hydrazone groups is 1. The van der Waals surface area contributed by atoms with Crippen LogP contribution in [0.1, 0.15) is 41.8 Å². The fourth-order valence-corrected chi connectivity index (χ4v) is 2.88. The second-order valence-electron chi connectivity index (χ2n) is 6.11. The lowest BCUT2D eigenvalue weighted by Gasteiger charge is -2.07. The molecule has 3 aromatic carbocycles. The Balaban J connectivity index is 1.77. The van der Waals surface area contributed by atoms with E-state index in [-0.39, 0.29) is 5.91 Å². The molecule has 3 nitrogen and oxygen atoms in total. The van der Waals surface area contributed by atoms with Crippen LogP contribution in [0.25, 0.3) is 10.8 Å². The van der Waals surface area contributed by atoms with Crippen LogP contribution in [0.15, 0.2) is 71.8 Å². The molecule has 1 amide bonds. The summed E-state index contributed by atoms with van der Waals surface area (Å²) in [6, 6.07) is 21.9. The molecule has 0 fully saturated rings. The van der Waals surface area contributed by atoms with Gasteiger partial charge < -0.3 is 0 Å². The number of carbonyl (C=O) groups is 1. The molecular formula is C22H22N2O. The highest BCUT2D eigenvalue weighted by Crippen LogP contribution is 2.18. The minimum absolute atomic E-state index is 0.196. The van der Waals surface area contributed by atoms with E-state index in [4.69, 9.17) is 0 Å². The number of nitrogens with zero attached hydrogens (tertiary/aromatic N) is 1. The van der Waals surface area contributed by atoms with Gasteiger partial charge in [-0.25, -0.2) is 5.43 Å². The molecule has 0 bridgehead atoms. The summed E-state index contributed by atoms with van der Waals surface area (Å²) in [4.78, 5) is 12.5. The number of aryl methyl sites for hydroxylation is 1. The van der Waals surface area contributed by atoms with E-state index < -0.39 is 0 Å². The molecular weight excluding hydrogens is 308 g/mol. The van der Waals surface area contributed by atoms with Gasteiger partial charge in [-0.2, -0.15) is 5.10 Å². The standard InChI is InChI=1S/C22H22N2O/c1-3-7-17-12-14-18(15-13-17)16(2)23-24-22(25)21-11-6-9-19-8-4-5-10-20(19)21/h4-6,8-15H,3,7H2,1-2H3,(H,24,25)/b23-16+. The second kappa shape index (κ2) is 7.75. The van der Waals surface area contributed by atoms with Crippen LogP contribution in [-0.4, -0.2) is 11.6 Å². The predicted molar refractivity (Wildman–Crippen MR) is 104 cm³/mol. The van der Waals surface area contributed by atoms with Crippen LogP contribution in [0.2, 0.25) is 0 Å². The van der Waals surface area contributed by atoms with Crippen LogP contribution in [0.3, 0.4) is 0 Å². The number of rotatable bonds is 5. The van der Waals surface area contributed by atoms with Crippen molar-refractivity contribution in [3.8, 4) is 0 Å². The summed E-state index contributed by atoms with van der Waals surface area (Å²) in [5, 5.41) is 6.24. The van der Waals surface area contributed by atoms with E-state index in [0.717, 1.165) is 34.9 Å². The monoisotopic (exact) mass is 330 g/mol. The van der Waals surface area contributed by atoms with Crippen molar-refractivity contribution in [1.82, 2.24) is 5.43 Å². The van der Waals surface area contributed by atoms with Crippen molar-refractivity contribution in [2.45, 2.75) is 26.7 Å². The third kappa shape index (κ3) is 3.94. The first-order valence-corrected chi connectivity index (χ1v) is 8.60. The largest absolute Gasteiger partial charge is 0.272 e. The van der Waals surface area contributed by atoms with Gasteiger partial charge in [-0.3, -0.25) is 4.79 Å². The zero-order valence-electron chi connectivity index (χ0n) is 14.6. The van der Waals surface area contributed by atoms with Gasteiger partial charge in [0.1, 0.15) is 0 Å². The van der Waals surface area contributed by atoms with Crippen LogP contribution < -0.4 is 5.43 Å². The minimum atomic E-state index is -0.196. The molecule has 0 saturated heterocycles. The van der Waals surface area contributed by atoms with Gasteiger partial charge in [0.2, 0.25) is 0 Å². The zero-order valence-corrected chi connectivity index (χ0v) is 14.6. The third-order valence-corrected chi connectivity index (χ3v) is 4.27. The fraction of sp³-hybridized carbons (Fsp3) is 0.182. The third-order valence-electron chi connectivity index (χ3n) is 4.27. The van der Waals surface area contributed by atoms with Crippen molar-refractivity contribution in [1.29, 1.82) is 0 Å². The normalized spacial score (nSPS) is 11.5. The highest BCUT2D eigenvalue weighted by molar-refractivity contribution is 6.07. The summed E-state index contributed by atoms with van der Waals surface area (Å²) >= 11 is 0. The van der Waals surface area contributed by atoms with Gasteiger partial charge in [0.25, 0.3) is 5.91 Å². The van der Waals surface area contributed by atoms with Crippen molar-refractivity contribution >= 4 is 22.4 Å². The average Bonchev–Trinajstić information content (AvgIpc) is 2.66. The number of nitrogens with one attached hydrogen (secondary N) is 1. The van der Waals surface area contributed by atoms with Crippen LogP contribution in [0.5, 0.6) is 0 Å². The SMILES string of the molecule is CCCc1ccc(/C(C)=N/NC(=O)c2cccc3ccccc23)cc1. The molecule has 3 rings (SSSR count). The van der Waals surface area contributed by atoms with Gasteiger partial charge in [0, 0.05) is 5.56 Å². The first-order valence-electron chi connectivity index (χ1n) is 8.60. The Bertz CT molecular complexity index is 905. The Hall–Kier alpha value is -2.94. The van der Waals surface area contributed by atoms with Gasteiger partial charge in [-0.05, 0) is 41.3 Å². The van der Waals surface area contributed by atoms with Crippen molar-refractivity contribution in [2.75, 3.05) is 0 Å². The maximum Gasteiger partial charge on any atom is 0.272 e. The van der Waals surface area contributed by atoms with Gasteiger partial charge in [0.05, 0.1) is 5.71 Å². The number of carbonyl (C=O) groups excluding carboxylic acids is 1. The maximum atomic E-state index is 12.5. The van der Waals surface area contributed by atoms with Crippen molar-refractivity contribution in [3.05, 3.63) is 83.4 Å². The molecule has 3 heteroatoms. The Labute approximate surface area is 148 Å². The molecule has 0 unspecified atom stereocenters. The van der Waals surface area contributed by atoms with Crippen molar-refractivity contribution < 1.29 is 4.79 Å². The van der Waals surface area contributed by atoms with E-state index in [1.54, 1.807) is 0 Å². The lowest BCUT2D eigenvalue weighted by atomic mass is 10.0. The van der Waals surface area contributed by atoms with Crippen LogP contribution in [0.4, 0.5) is 0 Å². The molecule has 0 aromatic heterocycles. The van der Waals surface area contributed by atoms with E-state index in [1.807, 2.05) is 61.5 Å². The van der Waals surface area contributed by atoms with E-state index in [9.17, 15) is 4.79 Å².